The molecule has 0 saturated carbocycles. The maximum Gasteiger partial charge on any atom is 0.245 e. The van der Waals surface area contributed by atoms with Crippen LogP contribution in [0.2, 0.25) is 0 Å². The van der Waals surface area contributed by atoms with Crippen LogP contribution in [0.1, 0.15) is 36.0 Å². The second-order valence-corrected chi connectivity index (χ2v) is 12.7. The van der Waals surface area contributed by atoms with E-state index in [0.29, 0.717) is 41.3 Å². The third-order valence-corrected chi connectivity index (χ3v) is 10.0. The monoisotopic (exact) mass is 572 g/mol. The average Bonchev–Trinajstić information content (AvgIpc) is 3.42. The molecule has 1 atom stereocenters. The molecule has 10 heteroatoms. The van der Waals surface area contributed by atoms with Crippen molar-refractivity contribution in [1.82, 2.24) is 19.4 Å². The predicted molar refractivity (Wildman–Crippen MR) is 156 cm³/mol. The van der Waals surface area contributed by atoms with Gasteiger partial charge >= 0.3 is 0 Å². The lowest BCUT2D eigenvalue weighted by Crippen LogP contribution is -2.46. The molecule has 2 fully saturated rings. The first kappa shape index (κ1) is 30.5. The van der Waals surface area contributed by atoms with E-state index in [-0.39, 0.29) is 25.2 Å². The van der Waals surface area contributed by atoms with Gasteiger partial charge in [0.25, 0.3) is 0 Å². The Balaban J connectivity index is 1.13. The molecule has 0 aliphatic carbocycles. The Morgan fingerprint density at radius 3 is 2.35 bits per heavy atom. The maximum absolute atomic E-state index is 13.5. The van der Waals surface area contributed by atoms with Gasteiger partial charge in [-0.05, 0) is 68.5 Å². The number of methoxy groups -OCH3 is 1. The van der Waals surface area contributed by atoms with Crippen molar-refractivity contribution in [3.63, 3.8) is 0 Å². The van der Waals surface area contributed by atoms with Crippen LogP contribution in [0.5, 0.6) is 5.75 Å². The first-order valence-corrected chi connectivity index (χ1v) is 15.7. The van der Waals surface area contributed by atoms with Crippen LogP contribution in [0.3, 0.4) is 0 Å². The highest BCUT2D eigenvalue weighted by Gasteiger charge is 2.37. The van der Waals surface area contributed by atoms with Crippen LogP contribution in [0.25, 0.3) is 0 Å². The summed E-state index contributed by atoms with van der Waals surface area (Å²) in [6.45, 7) is 10.9. The van der Waals surface area contributed by atoms with E-state index in [4.69, 9.17) is 9.47 Å². The minimum absolute atomic E-state index is 0.0663. The largest absolute Gasteiger partial charge is 0.497 e. The fourth-order valence-electron chi connectivity index (χ4n) is 5.73. The molecule has 2 aliphatic heterocycles. The number of aryl methyl sites for hydroxylation is 2. The highest BCUT2D eigenvalue weighted by Crippen LogP contribution is 2.32. The van der Waals surface area contributed by atoms with Gasteiger partial charge in [-0.25, -0.2) is 8.42 Å². The Hall–Kier alpha value is -2.50. The first-order valence-electron chi connectivity index (χ1n) is 14.3. The molecule has 40 heavy (non-hydrogen) atoms. The molecule has 220 valence electrons. The van der Waals surface area contributed by atoms with Gasteiger partial charge in [-0.15, -0.1) is 0 Å². The van der Waals surface area contributed by atoms with Gasteiger partial charge in [0.2, 0.25) is 15.9 Å². The van der Waals surface area contributed by atoms with Crippen molar-refractivity contribution in [2.24, 2.45) is 0 Å². The maximum atomic E-state index is 13.5. The van der Waals surface area contributed by atoms with Crippen LogP contribution in [0.4, 0.5) is 0 Å². The second-order valence-electron chi connectivity index (χ2n) is 10.8. The molecule has 1 N–H and O–H groups in total. The zero-order chi connectivity index (χ0) is 28.5. The van der Waals surface area contributed by atoms with Crippen molar-refractivity contribution in [2.75, 3.05) is 66.1 Å². The molecular weight excluding hydrogens is 528 g/mol. The second kappa shape index (κ2) is 14.4. The zero-order valence-corrected chi connectivity index (χ0v) is 24.9. The van der Waals surface area contributed by atoms with E-state index >= 15 is 0 Å². The summed E-state index contributed by atoms with van der Waals surface area (Å²) < 4.78 is 39.6. The van der Waals surface area contributed by atoms with Crippen LogP contribution in [-0.2, 0) is 26.1 Å². The van der Waals surface area contributed by atoms with E-state index in [1.54, 1.807) is 33.1 Å². The summed E-state index contributed by atoms with van der Waals surface area (Å²) in [6, 6.07) is 13.8. The summed E-state index contributed by atoms with van der Waals surface area (Å²) in [5, 5.41) is 2.94. The van der Waals surface area contributed by atoms with Crippen LogP contribution >= 0.6 is 0 Å². The smallest absolute Gasteiger partial charge is 0.245 e. The number of nitrogens with zero attached hydrogens (tertiary/aromatic N) is 3. The Morgan fingerprint density at radius 2 is 1.68 bits per heavy atom. The van der Waals surface area contributed by atoms with Gasteiger partial charge in [0, 0.05) is 51.9 Å². The van der Waals surface area contributed by atoms with E-state index in [1.165, 1.54) is 9.87 Å². The van der Waals surface area contributed by atoms with Crippen molar-refractivity contribution < 1.29 is 22.7 Å². The molecule has 2 aromatic rings. The number of piperazine rings is 1. The quantitative estimate of drug-likeness (QED) is 0.369. The zero-order valence-electron chi connectivity index (χ0n) is 24.1. The summed E-state index contributed by atoms with van der Waals surface area (Å²) in [7, 11) is -2.11. The fraction of sp³-hybridized carbons (Fsp3) is 0.567. The van der Waals surface area contributed by atoms with Gasteiger partial charge in [0.15, 0.2) is 0 Å². The predicted octanol–water partition coefficient (Wildman–Crippen LogP) is 2.81. The fourth-order valence-corrected chi connectivity index (χ4v) is 7.82. The number of hydrogen-bond acceptors (Lipinski definition) is 7. The lowest BCUT2D eigenvalue weighted by atomic mass is 10.1. The Morgan fingerprint density at radius 1 is 1.00 bits per heavy atom. The molecule has 2 aromatic carbocycles. The van der Waals surface area contributed by atoms with Crippen LogP contribution in [-0.4, -0.2) is 101 Å². The van der Waals surface area contributed by atoms with Crippen molar-refractivity contribution in [1.29, 1.82) is 0 Å². The van der Waals surface area contributed by atoms with Gasteiger partial charge in [0.1, 0.15) is 12.4 Å². The van der Waals surface area contributed by atoms with Gasteiger partial charge in [0.05, 0.1) is 18.6 Å². The highest BCUT2D eigenvalue weighted by atomic mass is 32.2. The number of nitrogens with one attached hydrogen (secondary N) is 1. The molecule has 0 bridgehead atoms. The summed E-state index contributed by atoms with van der Waals surface area (Å²) >= 11 is 0. The molecular formula is C30H44N4O5S. The summed E-state index contributed by atoms with van der Waals surface area (Å²) in [5.74, 6) is 0.476. The number of carbonyl (C=O) groups excluding carboxylic acids is 1. The molecule has 2 heterocycles. The van der Waals surface area contributed by atoms with Crippen LogP contribution in [0, 0.1) is 13.8 Å². The van der Waals surface area contributed by atoms with Crippen LogP contribution < -0.4 is 10.1 Å². The Bertz CT molecular complexity index is 1190. The molecule has 9 nitrogen and oxygen atoms in total. The Labute approximate surface area is 239 Å². The third-order valence-electron chi connectivity index (χ3n) is 7.79. The summed E-state index contributed by atoms with van der Waals surface area (Å²) in [6.07, 6.45) is 2.38. The van der Waals surface area contributed by atoms with Crippen molar-refractivity contribution in [3.05, 3.63) is 59.2 Å². The van der Waals surface area contributed by atoms with Crippen molar-refractivity contribution in [3.8, 4) is 5.75 Å². The molecule has 2 saturated heterocycles. The average molecular weight is 573 g/mol. The molecule has 0 spiro atoms. The number of carbonyl (C=O) groups is 1. The number of sulfonamides is 1. The van der Waals surface area contributed by atoms with Gasteiger partial charge in [-0.2, -0.15) is 4.31 Å². The molecule has 4 rings (SSSR count). The van der Waals surface area contributed by atoms with Gasteiger partial charge in [-0.1, -0.05) is 30.3 Å². The first-order chi connectivity index (χ1) is 19.3. The van der Waals surface area contributed by atoms with E-state index in [1.807, 2.05) is 0 Å². The van der Waals surface area contributed by atoms with Crippen molar-refractivity contribution >= 4 is 15.9 Å². The van der Waals surface area contributed by atoms with Gasteiger partial charge < -0.3 is 19.7 Å². The molecule has 1 amide bonds. The number of hydrogen-bond donors (Lipinski definition) is 1. The number of amides is 1. The lowest BCUT2D eigenvalue weighted by Gasteiger charge is -2.34. The summed E-state index contributed by atoms with van der Waals surface area (Å²) in [5.41, 5.74) is 2.68. The Kier molecular flexibility index (Phi) is 11.0. The van der Waals surface area contributed by atoms with E-state index in [2.05, 4.69) is 45.4 Å². The van der Waals surface area contributed by atoms with Crippen molar-refractivity contribution in [2.45, 2.75) is 50.6 Å². The van der Waals surface area contributed by atoms with Gasteiger partial charge in [-0.3, -0.25) is 9.69 Å². The standard InChI is InChI=1S/C30H44N4O5S/c1-24-19-28(38-3)20-25(2)30(24)40(36,37)34-14-7-11-27(34)22-39-23-29(35)31-12-8-13-32-15-17-33(18-16-32)21-26-9-5-4-6-10-26/h4-6,9-10,19-20,27H,7-8,11-18,21-23H2,1-3H3,(H,31,35). The lowest BCUT2D eigenvalue weighted by molar-refractivity contribution is -0.126. The SMILES string of the molecule is COc1cc(C)c(S(=O)(=O)N2CCCC2COCC(=O)NCCCN2CCN(Cc3ccccc3)CC2)c(C)c1. The molecule has 0 radical (unpaired) electrons. The summed E-state index contributed by atoms with van der Waals surface area (Å²) in [4.78, 5) is 17.6. The molecule has 1 unspecified atom stereocenters. The minimum atomic E-state index is -3.68. The number of ether oxygens (including phenoxy) is 2. The number of benzene rings is 2. The normalized spacial score (nSPS) is 19.1. The van der Waals surface area contributed by atoms with E-state index in [0.717, 1.165) is 52.1 Å². The van der Waals surface area contributed by atoms with E-state index in [9.17, 15) is 13.2 Å². The topological polar surface area (TPSA) is 91.4 Å². The minimum Gasteiger partial charge on any atom is -0.497 e. The highest BCUT2D eigenvalue weighted by molar-refractivity contribution is 7.89. The van der Waals surface area contributed by atoms with Crippen LogP contribution in [0.15, 0.2) is 47.4 Å². The number of rotatable bonds is 13. The molecule has 2 aliphatic rings. The van der Waals surface area contributed by atoms with E-state index < -0.39 is 10.0 Å². The third kappa shape index (κ3) is 8.04. The molecule has 0 aromatic heterocycles.